The zero-order valence-corrected chi connectivity index (χ0v) is 14.7. The van der Waals surface area contributed by atoms with Gasteiger partial charge in [-0.3, -0.25) is 4.79 Å². The second kappa shape index (κ2) is 7.79. The molecule has 1 aliphatic rings. The molecule has 1 amide bonds. The Morgan fingerprint density at radius 1 is 1.39 bits per heavy atom. The molecule has 0 saturated heterocycles. The number of benzene rings is 1. The Balaban J connectivity index is 1.53. The monoisotopic (exact) mass is 348 g/mol. The maximum atomic E-state index is 12.2. The van der Waals surface area contributed by atoms with Gasteiger partial charge < -0.3 is 10.6 Å². The number of thioether (sulfide) groups is 1. The molecule has 0 saturated carbocycles. The first-order valence-corrected chi connectivity index (χ1v) is 9.64. The van der Waals surface area contributed by atoms with Gasteiger partial charge in [-0.05, 0) is 37.3 Å². The Labute approximate surface area is 144 Å². The van der Waals surface area contributed by atoms with Gasteiger partial charge in [0.15, 0.2) is 4.34 Å². The van der Waals surface area contributed by atoms with Crippen molar-refractivity contribution in [3.63, 3.8) is 0 Å². The van der Waals surface area contributed by atoms with E-state index >= 15 is 0 Å². The number of carbonyl (C=O) groups excluding carboxylic acids is 1. The number of amides is 1. The van der Waals surface area contributed by atoms with Crippen molar-refractivity contribution in [2.75, 3.05) is 17.6 Å². The van der Waals surface area contributed by atoms with Crippen LogP contribution in [0.5, 0.6) is 0 Å². The number of fused-ring (bicyclic) bond motifs is 1. The van der Waals surface area contributed by atoms with E-state index in [0.29, 0.717) is 5.75 Å². The van der Waals surface area contributed by atoms with Crippen LogP contribution in [0.2, 0.25) is 0 Å². The molecule has 1 unspecified atom stereocenters. The molecular weight excluding hydrogens is 328 g/mol. The number of nitrogens with zero attached hydrogens (tertiary/aromatic N) is 2. The Bertz CT molecular complexity index is 674. The highest BCUT2D eigenvalue weighted by Gasteiger charge is 2.21. The quantitative estimate of drug-likeness (QED) is 0.785. The van der Waals surface area contributed by atoms with Crippen LogP contribution in [0.3, 0.4) is 0 Å². The number of nitrogens with one attached hydrogen (secondary N) is 2. The Hall–Kier alpha value is -1.60. The van der Waals surface area contributed by atoms with Gasteiger partial charge in [0, 0.05) is 6.54 Å². The van der Waals surface area contributed by atoms with Gasteiger partial charge in [-0.25, -0.2) is 0 Å². The summed E-state index contributed by atoms with van der Waals surface area (Å²) in [6, 6.07) is 8.53. The Kier molecular flexibility index (Phi) is 5.51. The minimum Gasteiger partial charge on any atom is -0.360 e. The first-order chi connectivity index (χ1) is 11.3. The molecule has 0 spiro atoms. The zero-order chi connectivity index (χ0) is 16.1. The van der Waals surface area contributed by atoms with E-state index in [-0.39, 0.29) is 11.9 Å². The Morgan fingerprint density at radius 2 is 2.26 bits per heavy atom. The van der Waals surface area contributed by atoms with Crippen molar-refractivity contribution in [2.24, 2.45) is 0 Å². The second-order valence-electron chi connectivity index (χ2n) is 5.40. The van der Waals surface area contributed by atoms with Gasteiger partial charge in [-0.1, -0.05) is 47.4 Å². The first kappa shape index (κ1) is 16.3. The molecule has 3 rings (SSSR count). The predicted molar refractivity (Wildman–Crippen MR) is 95.1 cm³/mol. The van der Waals surface area contributed by atoms with Crippen LogP contribution in [-0.4, -0.2) is 28.4 Å². The van der Waals surface area contributed by atoms with E-state index in [0.717, 1.165) is 35.3 Å². The lowest BCUT2D eigenvalue weighted by Crippen LogP contribution is -2.32. The van der Waals surface area contributed by atoms with Gasteiger partial charge in [0.25, 0.3) is 0 Å². The van der Waals surface area contributed by atoms with Crippen LogP contribution in [-0.2, 0) is 11.2 Å². The van der Waals surface area contributed by atoms with Crippen molar-refractivity contribution in [3.05, 3.63) is 35.4 Å². The molecule has 0 radical (unpaired) electrons. The number of aromatic nitrogens is 2. The van der Waals surface area contributed by atoms with Gasteiger partial charge >= 0.3 is 0 Å². The third kappa shape index (κ3) is 4.23. The van der Waals surface area contributed by atoms with Crippen molar-refractivity contribution < 1.29 is 4.79 Å². The molecule has 2 aromatic rings. The van der Waals surface area contributed by atoms with E-state index in [1.165, 1.54) is 34.2 Å². The van der Waals surface area contributed by atoms with Gasteiger partial charge in [0.2, 0.25) is 11.0 Å². The molecule has 0 aliphatic heterocycles. The van der Waals surface area contributed by atoms with Crippen LogP contribution < -0.4 is 10.6 Å². The van der Waals surface area contributed by atoms with E-state index in [4.69, 9.17) is 0 Å². The fourth-order valence-electron chi connectivity index (χ4n) is 2.76. The third-order valence-corrected chi connectivity index (χ3v) is 5.78. The molecular formula is C16H20N4OS2. The number of hydrogen-bond donors (Lipinski definition) is 2. The number of rotatable bonds is 6. The average Bonchev–Trinajstić information content (AvgIpc) is 3.01. The topological polar surface area (TPSA) is 66.9 Å². The van der Waals surface area contributed by atoms with Crippen molar-refractivity contribution in [1.29, 1.82) is 0 Å². The van der Waals surface area contributed by atoms with E-state index < -0.39 is 0 Å². The molecule has 1 aromatic heterocycles. The normalized spacial score (nSPS) is 16.7. The highest BCUT2D eigenvalue weighted by atomic mass is 32.2. The van der Waals surface area contributed by atoms with Crippen LogP contribution >= 0.6 is 23.1 Å². The van der Waals surface area contributed by atoms with E-state index in [1.54, 1.807) is 0 Å². The van der Waals surface area contributed by atoms with Crippen LogP contribution in [0, 0.1) is 0 Å². The fraction of sp³-hybridized carbons (Fsp3) is 0.438. The van der Waals surface area contributed by atoms with E-state index in [1.807, 2.05) is 13.0 Å². The average molecular weight is 348 g/mol. The number of carbonyl (C=O) groups is 1. The second-order valence-corrected chi connectivity index (χ2v) is 7.60. The molecule has 1 aliphatic carbocycles. The predicted octanol–water partition coefficient (Wildman–Crippen LogP) is 3.26. The molecule has 5 nitrogen and oxygen atoms in total. The summed E-state index contributed by atoms with van der Waals surface area (Å²) in [5.74, 6) is 0.427. The molecule has 1 heterocycles. The summed E-state index contributed by atoms with van der Waals surface area (Å²) in [7, 11) is 0. The van der Waals surface area contributed by atoms with Gasteiger partial charge in [-0.15, -0.1) is 10.2 Å². The minimum atomic E-state index is 0.0527. The van der Waals surface area contributed by atoms with Crippen molar-refractivity contribution in [1.82, 2.24) is 15.5 Å². The maximum Gasteiger partial charge on any atom is 0.230 e. The lowest BCUT2D eigenvalue weighted by atomic mass is 9.88. The van der Waals surface area contributed by atoms with Crippen LogP contribution in [0.25, 0.3) is 0 Å². The lowest BCUT2D eigenvalue weighted by molar-refractivity contribution is -0.119. The van der Waals surface area contributed by atoms with Crippen LogP contribution in [0.4, 0.5) is 5.13 Å². The Morgan fingerprint density at radius 3 is 3.13 bits per heavy atom. The summed E-state index contributed by atoms with van der Waals surface area (Å²) < 4.78 is 0.820. The molecule has 23 heavy (non-hydrogen) atoms. The molecule has 0 fully saturated rings. The van der Waals surface area contributed by atoms with Gasteiger partial charge in [0.1, 0.15) is 0 Å². The fourth-order valence-corrected chi connectivity index (χ4v) is 4.39. The van der Waals surface area contributed by atoms with Crippen molar-refractivity contribution in [2.45, 2.75) is 36.6 Å². The summed E-state index contributed by atoms with van der Waals surface area (Å²) in [6.07, 6.45) is 3.24. The zero-order valence-electron chi connectivity index (χ0n) is 13.0. The molecule has 122 valence electrons. The summed E-state index contributed by atoms with van der Waals surface area (Å²) in [4.78, 5) is 12.2. The summed E-state index contributed by atoms with van der Waals surface area (Å²) in [6.45, 7) is 2.84. The molecule has 0 bridgehead atoms. The van der Waals surface area contributed by atoms with Crippen molar-refractivity contribution in [3.8, 4) is 0 Å². The highest BCUT2D eigenvalue weighted by Crippen LogP contribution is 2.30. The summed E-state index contributed by atoms with van der Waals surface area (Å²) >= 11 is 2.92. The van der Waals surface area contributed by atoms with Gasteiger partial charge in [0.05, 0.1) is 11.8 Å². The van der Waals surface area contributed by atoms with Gasteiger partial charge in [-0.2, -0.15) is 0 Å². The van der Waals surface area contributed by atoms with E-state index in [9.17, 15) is 4.79 Å². The number of hydrogen-bond acceptors (Lipinski definition) is 6. The minimum absolute atomic E-state index is 0.0527. The summed E-state index contributed by atoms with van der Waals surface area (Å²) in [5.41, 5.74) is 2.62. The number of aryl methyl sites for hydroxylation is 1. The largest absolute Gasteiger partial charge is 0.360 e. The standard InChI is InChI=1S/C16H20N4OS2/c1-2-17-15-19-20-16(23-15)22-10-14(21)18-13-9-5-7-11-6-3-4-8-12(11)13/h3-4,6,8,13H,2,5,7,9-10H2,1H3,(H,17,19)(H,18,21). The molecule has 2 N–H and O–H groups in total. The van der Waals surface area contributed by atoms with Crippen molar-refractivity contribution >= 4 is 34.1 Å². The first-order valence-electron chi connectivity index (χ1n) is 7.83. The van der Waals surface area contributed by atoms with Crippen LogP contribution in [0.1, 0.15) is 36.9 Å². The van der Waals surface area contributed by atoms with E-state index in [2.05, 4.69) is 39.0 Å². The SMILES string of the molecule is CCNc1nnc(SCC(=O)NC2CCCc3ccccc32)s1. The summed E-state index contributed by atoms with van der Waals surface area (Å²) in [5, 5.41) is 15.2. The molecule has 1 aromatic carbocycles. The lowest BCUT2D eigenvalue weighted by Gasteiger charge is -2.26. The highest BCUT2D eigenvalue weighted by molar-refractivity contribution is 8.01. The smallest absolute Gasteiger partial charge is 0.230 e. The molecule has 1 atom stereocenters. The number of anilines is 1. The third-order valence-electron chi connectivity index (χ3n) is 3.77. The molecule has 7 heteroatoms. The maximum absolute atomic E-state index is 12.2. The van der Waals surface area contributed by atoms with Crippen LogP contribution in [0.15, 0.2) is 28.6 Å².